The van der Waals surface area contributed by atoms with Gasteiger partial charge in [-0.3, -0.25) is 19.3 Å². The van der Waals surface area contributed by atoms with Crippen molar-refractivity contribution >= 4 is 17.7 Å². The van der Waals surface area contributed by atoms with E-state index in [-0.39, 0.29) is 17.7 Å². The van der Waals surface area contributed by atoms with Gasteiger partial charge in [-0.25, -0.2) is 0 Å². The zero-order chi connectivity index (χ0) is 18.0. The molecule has 2 N–H and O–H groups in total. The number of likely N-dealkylation sites (tertiary alicyclic amines) is 1. The third kappa shape index (κ3) is 3.82. The monoisotopic (exact) mass is 344 g/mol. The van der Waals surface area contributed by atoms with E-state index in [4.69, 9.17) is 5.73 Å². The van der Waals surface area contributed by atoms with E-state index in [1.807, 2.05) is 30.3 Å². The van der Waals surface area contributed by atoms with E-state index in [9.17, 15) is 14.4 Å². The number of benzene rings is 1. The zero-order valence-electron chi connectivity index (χ0n) is 14.4. The van der Waals surface area contributed by atoms with Gasteiger partial charge >= 0.3 is 0 Å². The van der Waals surface area contributed by atoms with Crippen LogP contribution in [-0.2, 0) is 20.9 Å². The average molecular weight is 344 g/mol. The van der Waals surface area contributed by atoms with Gasteiger partial charge in [-0.15, -0.1) is 0 Å². The Morgan fingerprint density at radius 2 is 1.76 bits per heavy atom. The largest absolute Gasteiger partial charge is 0.368 e. The number of piperazine rings is 1. The molecule has 2 fully saturated rings. The number of nitrogens with zero attached hydrogens (tertiary/aromatic N) is 3. The van der Waals surface area contributed by atoms with Crippen molar-refractivity contribution in [3.05, 3.63) is 35.9 Å². The summed E-state index contributed by atoms with van der Waals surface area (Å²) in [7, 11) is 0. The Morgan fingerprint density at radius 1 is 1.08 bits per heavy atom. The van der Waals surface area contributed by atoms with Crippen LogP contribution in [0.4, 0.5) is 0 Å². The maximum Gasteiger partial charge on any atom is 0.241 e. The quantitative estimate of drug-likeness (QED) is 0.810. The number of hydrogen-bond donors (Lipinski definition) is 1. The summed E-state index contributed by atoms with van der Waals surface area (Å²) in [4.78, 5) is 41.3. The molecular formula is C18H24N4O3. The third-order valence-corrected chi connectivity index (χ3v) is 5.00. The molecule has 2 heterocycles. The first-order chi connectivity index (χ1) is 12.0. The molecule has 2 aliphatic heterocycles. The first-order valence-electron chi connectivity index (χ1n) is 8.57. The van der Waals surface area contributed by atoms with Gasteiger partial charge in [0.1, 0.15) is 6.04 Å². The third-order valence-electron chi connectivity index (χ3n) is 5.00. The van der Waals surface area contributed by atoms with Gasteiger partial charge in [0.25, 0.3) is 0 Å². The minimum absolute atomic E-state index is 0.0248. The fourth-order valence-electron chi connectivity index (χ4n) is 3.46. The van der Waals surface area contributed by atoms with Crippen LogP contribution in [0, 0.1) is 5.92 Å². The number of carbonyl (C=O) groups excluding carboxylic acids is 3. The van der Waals surface area contributed by atoms with Crippen LogP contribution in [0.5, 0.6) is 0 Å². The van der Waals surface area contributed by atoms with E-state index in [1.165, 1.54) is 12.5 Å². The van der Waals surface area contributed by atoms with E-state index in [0.717, 1.165) is 6.54 Å². The number of hydrogen-bond acceptors (Lipinski definition) is 4. The van der Waals surface area contributed by atoms with Gasteiger partial charge in [0.15, 0.2) is 0 Å². The molecule has 3 amide bonds. The van der Waals surface area contributed by atoms with Gasteiger partial charge in [0, 0.05) is 46.2 Å². The van der Waals surface area contributed by atoms with Crippen LogP contribution >= 0.6 is 0 Å². The Kier molecular flexibility index (Phi) is 5.03. The standard InChI is InChI=1S/C18H24N4O3/c1-13(23)21-10-15(11-21)18(25)22-8-7-20(12-16(22)17(19)24)9-14-5-3-2-4-6-14/h2-6,15-16H,7-12H2,1H3,(H2,19,24). The molecule has 0 aliphatic carbocycles. The molecule has 0 aromatic heterocycles. The lowest BCUT2D eigenvalue weighted by Crippen LogP contribution is -2.64. The lowest BCUT2D eigenvalue weighted by atomic mass is 9.96. The predicted molar refractivity (Wildman–Crippen MR) is 92.2 cm³/mol. The summed E-state index contributed by atoms with van der Waals surface area (Å²) in [5.41, 5.74) is 6.73. The molecule has 1 aromatic rings. The van der Waals surface area contributed by atoms with Gasteiger partial charge in [-0.2, -0.15) is 0 Å². The summed E-state index contributed by atoms with van der Waals surface area (Å²) in [6.45, 7) is 4.72. The zero-order valence-corrected chi connectivity index (χ0v) is 14.4. The molecule has 25 heavy (non-hydrogen) atoms. The maximum absolute atomic E-state index is 12.7. The molecule has 0 spiro atoms. The van der Waals surface area contributed by atoms with Crippen LogP contribution in [0.15, 0.2) is 30.3 Å². The lowest BCUT2D eigenvalue weighted by Gasteiger charge is -2.45. The highest BCUT2D eigenvalue weighted by atomic mass is 16.2. The average Bonchev–Trinajstić information content (AvgIpc) is 2.53. The topological polar surface area (TPSA) is 87.0 Å². The summed E-state index contributed by atoms with van der Waals surface area (Å²) in [6.07, 6.45) is 0. The SMILES string of the molecule is CC(=O)N1CC(C(=O)N2CCN(Cc3ccccc3)CC2C(N)=O)C1. The summed E-state index contributed by atoms with van der Waals surface area (Å²) in [5.74, 6) is -0.788. The molecule has 3 rings (SSSR count). The summed E-state index contributed by atoms with van der Waals surface area (Å²) in [6, 6.07) is 9.41. The van der Waals surface area contributed by atoms with Crippen molar-refractivity contribution in [2.45, 2.75) is 19.5 Å². The van der Waals surface area contributed by atoms with Crippen LogP contribution in [0.25, 0.3) is 0 Å². The fourth-order valence-corrected chi connectivity index (χ4v) is 3.46. The van der Waals surface area contributed by atoms with Crippen molar-refractivity contribution in [1.82, 2.24) is 14.7 Å². The number of nitrogens with two attached hydrogens (primary N) is 1. The van der Waals surface area contributed by atoms with E-state index < -0.39 is 11.9 Å². The van der Waals surface area contributed by atoms with Crippen LogP contribution in [0.1, 0.15) is 12.5 Å². The minimum atomic E-state index is -0.614. The molecule has 0 bridgehead atoms. The molecule has 1 unspecified atom stereocenters. The molecule has 134 valence electrons. The Morgan fingerprint density at radius 3 is 2.36 bits per heavy atom. The van der Waals surface area contributed by atoms with Crippen molar-refractivity contribution in [2.75, 3.05) is 32.7 Å². The van der Waals surface area contributed by atoms with Crippen LogP contribution in [-0.4, -0.2) is 71.2 Å². The van der Waals surface area contributed by atoms with Crippen molar-refractivity contribution < 1.29 is 14.4 Å². The Hall–Kier alpha value is -2.41. The van der Waals surface area contributed by atoms with E-state index >= 15 is 0 Å². The van der Waals surface area contributed by atoms with Gasteiger partial charge < -0.3 is 15.5 Å². The van der Waals surface area contributed by atoms with Crippen LogP contribution in [0.2, 0.25) is 0 Å². The molecule has 1 atom stereocenters. The van der Waals surface area contributed by atoms with Crippen molar-refractivity contribution in [1.29, 1.82) is 0 Å². The molecule has 7 nitrogen and oxygen atoms in total. The van der Waals surface area contributed by atoms with Crippen molar-refractivity contribution in [2.24, 2.45) is 11.7 Å². The van der Waals surface area contributed by atoms with E-state index in [2.05, 4.69) is 4.90 Å². The maximum atomic E-state index is 12.7. The molecule has 2 saturated heterocycles. The second kappa shape index (κ2) is 7.23. The van der Waals surface area contributed by atoms with Crippen molar-refractivity contribution in [3.63, 3.8) is 0 Å². The predicted octanol–water partition coefficient (Wildman–Crippen LogP) is -0.337. The first-order valence-corrected chi connectivity index (χ1v) is 8.57. The smallest absolute Gasteiger partial charge is 0.241 e. The van der Waals surface area contributed by atoms with Gasteiger partial charge in [-0.1, -0.05) is 30.3 Å². The fraction of sp³-hybridized carbons (Fsp3) is 0.500. The molecule has 7 heteroatoms. The molecule has 0 saturated carbocycles. The summed E-state index contributed by atoms with van der Waals surface area (Å²) < 4.78 is 0. The summed E-state index contributed by atoms with van der Waals surface area (Å²) in [5, 5.41) is 0. The normalized spacial score (nSPS) is 21.7. The molecule has 1 aromatic carbocycles. The number of rotatable bonds is 4. The second-order valence-corrected chi connectivity index (χ2v) is 6.79. The highest BCUT2D eigenvalue weighted by molar-refractivity contribution is 5.89. The Bertz CT molecular complexity index is 658. The second-order valence-electron chi connectivity index (χ2n) is 6.79. The van der Waals surface area contributed by atoms with Crippen molar-refractivity contribution in [3.8, 4) is 0 Å². The minimum Gasteiger partial charge on any atom is -0.368 e. The van der Waals surface area contributed by atoms with Crippen LogP contribution < -0.4 is 5.73 Å². The molecule has 2 aliphatic rings. The Balaban J connectivity index is 1.61. The van der Waals surface area contributed by atoms with Gasteiger partial charge in [0.05, 0.1) is 5.92 Å². The first kappa shape index (κ1) is 17.4. The molecular weight excluding hydrogens is 320 g/mol. The summed E-state index contributed by atoms with van der Waals surface area (Å²) >= 11 is 0. The van der Waals surface area contributed by atoms with Crippen LogP contribution in [0.3, 0.4) is 0 Å². The highest BCUT2D eigenvalue weighted by Crippen LogP contribution is 2.22. The van der Waals surface area contributed by atoms with Gasteiger partial charge in [0.2, 0.25) is 17.7 Å². The number of amides is 3. The lowest BCUT2D eigenvalue weighted by molar-refractivity contribution is -0.154. The number of primary amides is 1. The highest BCUT2D eigenvalue weighted by Gasteiger charge is 2.41. The van der Waals surface area contributed by atoms with Gasteiger partial charge in [-0.05, 0) is 5.56 Å². The Labute approximate surface area is 147 Å². The molecule has 0 radical (unpaired) electrons. The number of carbonyl (C=O) groups is 3. The van der Waals surface area contributed by atoms with E-state index in [0.29, 0.717) is 32.7 Å². The van der Waals surface area contributed by atoms with E-state index in [1.54, 1.807) is 9.80 Å².